The normalized spacial score (nSPS) is 12.3. The maximum absolute atomic E-state index is 9.46. The predicted molar refractivity (Wildman–Crippen MR) is 135 cm³/mol. The van der Waals surface area contributed by atoms with Gasteiger partial charge < -0.3 is 20.1 Å². The lowest BCUT2D eigenvalue weighted by molar-refractivity contribution is -0.929. The highest BCUT2D eigenvalue weighted by Gasteiger charge is 2.25. The van der Waals surface area contributed by atoms with Gasteiger partial charge in [-0.1, -0.05) is 79.1 Å². The molecule has 1 unspecified atom stereocenters. The van der Waals surface area contributed by atoms with E-state index >= 15 is 0 Å². The monoisotopic (exact) mass is 442 g/mol. The molecule has 4 nitrogen and oxygen atoms in total. The number of nitrogens with two attached hydrogens (primary N) is 1. The molecule has 4 heteroatoms. The van der Waals surface area contributed by atoms with Gasteiger partial charge in [-0.15, -0.1) is 0 Å². The highest BCUT2D eigenvalue weighted by molar-refractivity contribution is 5.70. The van der Waals surface area contributed by atoms with Crippen LogP contribution in [-0.2, 0) is 4.79 Å². The third kappa shape index (κ3) is 22.4. The molecule has 188 valence electrons. The minimum Gasteiger partial charge on any atom is -0.548 e. The summed E-state index contributed by atoms with van der Waals surface area (Å²) >= 11 is 0. The van der Waals surface area contributed by atoms with E-state index in [-0.39, 0.29) is 0 Å². The van der Waals surface area contributed by atoms with Crippen molar-refractivity contribution in [2.24, 2.45) is 5.73 Å². The van der Waals surface area contributed by atoms with Crippen LogP contribution in [0.4, 0.5) is 0 Å². The number of nitrogens with zero attached hydrogens (tertiary/aromatic N) is 1. The van der Waals surface area contributed by atoms with E-state index in [0.29, 0.717) is 0 Å². The van der Waals surface area contributed by atoms with Crippen molar-refractivity contribution in [3.05, 3.63) is 0 Å². The lowest BCUT2D eigenvalue weighted by Crippen LogP contribution is -2.50. The number of carbonyl (C=O) groups is 1. The van der Waals surface area contributed by atoms with Crippen molar-refractivity contribution < 1.29 is 14.4 Å². The molecule has 31 heavy (non-hydrogen) atoms. The topological polar surface area (TPSA) is 66.2 Å². The quantitative estimate of drug-likeness (QED) is 0.170. The van der Waals surface area contributed by atoms with Gasteiger partial charge in [0.15, 0.2) is 0 Å². The molecule has 1 atom stereocenters. The zero-order chi connectivity index (χ0) is 23.8. The second-order valence-corrected chi connectivity index (χ2v) is 9.59. The highest BCUT2D eigenvalue weighted by Crippen LogP contribution is 2.19. The average molecular weight is 443 g/mol. The van der Waals surface area contributed by atoms with Crippen LogP contribution in [0.2, 0.25) is 0 Å². The van der Waals surface area contributed by atoms with Gasteiger partial charge in [0.05, 0.1) is 32.1 Å². The van der Waals surface area contributed by atoms with Gasteiger partial charge in [0.2, 0.25) is 0 Å². The minimum absolute atomic E-state index is 0.843. The Morgan fingerprint density at radius 3 is 1.00 bits per heavy atom. The van der Waals surface area contributed by atoms with Crippen LogP contribution in [0.15, 0.2) is 0 Å². The molecule has 0 saturated carbocycles. The molecule has 0 aliphatic carbocycles. The van der Waals surface area contributed by atoms with Gasteiger partial charge in [0, 0.05) is 6.04 Å². The molecule has 0 aromatic rings. The number of carboxylic acids is 1. The van der Waals surface area contributed by atoms with Gasteiger partial charge in [-0.25, -0.2) is 0 Å². The molecule has 0 aromatic heterocycles. The lowest BCUT2D eigenvalue weighted by atomic mass is 10.1. The fraction of sp³-hybridized carbons (Fsp3) is 0.963. The molecule has 0 aliphatic heterocycles. The van der Waals surface area contributed by atoms with Crippen molar-refractivity contribution in [1.29, 1.82) is 0 Å². The van der Waals surface area contributed by atoms with Crippen molar-refractivity contribution in [2.75, 3.05) is 26.2 Å². The number of aliphatic carboxylic acids is 1. The van der Waals surface area contributed by atoms with Crippen LogP contribution in [0.25, 0.3) is 0 Å². The molecule has 0 radical (unpaired) electrons. The second-order valence-electron chi connectivity index (χ2n) is 9.59. The van der Waals surface area contributed by atoms with Gasteiger partial charge in [0.1, 0.15) is 0 Å². The molecule has 2 N–H and O–H groups in total. The lowest BCUT2D eigenvalue weighted by Gasteiger charge is -2.39. The molecule has 0 amide bonds. The summed E-state index contributed by atoms with van der Waals surface area (Å²) < 4.78 is 1.46. The molecular formula is C27H58N2O2. The molecule has 0 aromatic carbocycles. The average Bonchev–Trinajstić information content (AvgIpc) is 2.75. The van der Waals surface area contributed by atoms with Gasteiger partial charge in [0.25, 0.3) is 0 Å². The number of hydrogen-bond acceptors (Lipinski definition) is 3. The summed E-state index contributed by atoms with van der Waals surface area (Å²) in [6.07, 6.45) is 22.8. The Morgan fingerprint density at radius 2 is 0.839 bits per heavy atom. The van der Waals surface area contributed by atoms with Crippen LogP contribution < -0.4 is 10.8 Å². The van der Waals surface area contributed by atoms with Gasteiger partial charge >= 0.3 is 0 Å². The summed E-state index contributed by atoms with van der Waals surface area (Å²) in [5, 5.41) is 9.46. The summed E-state index contributed by atoms with van der Waals surface area (Å²) in [6.45, 7) is 16.5. The number of unbranched alkanes of at least 4 members (excludes halogenated alkanes) is 12. The van der Waals surface area contributed by atoms with E-state index in [2.05, 4.69) is 27.7 Å². The Kier molecular flexibility index (Phi) is 25.3. The molecule has 0 heterocycles. The highest BCUT2D eigenvalue weighted by atomic mass is 16.4. The maximum Gasteiger partial charge on any atom is 0.0786 e. The summed E-state index contributed by atoms with van der Waals surface area (Å²) in [5.74, 6) is -1.21. The summed E-state index contributed by atoms with van der Waals surface area (Å²) in [6, 6.07) is -0.843. The van der Waals surface area contributed by atoms with Crippen LogP contribution in [0, 0.1) is 0 Å². The fourth-order valence-electron chi connectivity index (χ4n) is 4.17. The fourth-order valence-corrected chi connectivity index (χ4v) is 4.17. The number of carboxylic acid groups (broad SMARTS) is 1. The molecule has 0 saturated heterocycles. The molecular weight excluding hydrogens is 384 g/mol. The SMILES string of the molecule is CC(N)C(=O)[O-].CCCCCC[N+](CCCCCC)(CCCCCC)CCCCCC. The largest absolute Gasteiger partial charge is 0.548 e. The molecule has 0 aliphatic rings. The van der Waals surface area contributed by atoms with Crippen LogP contribution in [0.1, 0.15) is 137 Å². The molecule has 0 rings (SSSR count). The molecule has 0 spiro atoms. The van der Waals surface area contributed by atoms with Crippen LogP contribution in [0.5, 0.6) is 0 Å². The zero-order valence-electron chi connectivity index (χ0n) is 22.1. The van der Waals surface area contributed by atoms with E-state index in [1.54, 1.807) is 0 Å². The van der Waals surface area contributed by atoms with Crippen molar-refractivity contribution in [2.45, 2.75) is 143 Å². The predicted octanol–water partition coefficient (Wildman–Crippen LogP) is 6.21. The van der Waals surface area contributed by atoms with E-state index in [1.807, 2.05) is 0 Å². The van der Waals surface area contributed by atoms with Gasteiger partial charge in [-0.2, -0.15) is 0 Å². The molecule has 0 bridgehead atoms. The third-order valence-electron chi connectivity index (χ3n) is 6.32. The first kappa shape index (κ1) is 32.6. The number of rotatable bonds is 21. The maximum atomic E-state index is 9.46. The first-order valence-electron chi connectivity index (χ1n) is 13.7. The second kappa shape index (κ2) is 24.0. The summed E-state index contributed by atoms with van der Waals surface area (Å²) in [7, 11) is 0. The summed E-state index contributed by atoms with van der Waals surface area (Å²) in [4.78, 5) is 9.46. The van der Waals surface area contributed by atoms with Crippen LogP contribution in [0.3, 0.4) is 0 Å². The van der Waals surface area contributed by atoms with Gasteiger partial charge in [-0.05, 0) is 58.3 Å². The Morgan fingerprint density at radius 1 is 0.613 bits per heavy atom. The molecule has 0 fully saturated rings. The minimum atomic E-state index is -1.21. The van der Waals surface area contributed by atoms with E-state index in [4.69, 9.17) is 5.73 Å². The number of carbonyl (C=O) groups excluding carboxylic acids is 1. The smallest absolute Gasteiger partial charge is 0.0786 e. The van der Waals surface area contributed by atoms with Crippen molar-refractivity contribution in [3.63, 3.8) is 0 Å². The summed E-state index contributed by atoms with van der Waals surface area (Å²) in [5.41, 5.74) is 4.77. The number of hydrogen-bond donors (Lipinski definition) is 1. The van der Waals surface area contributed by atoms with Crippen molar-refractivity contribution >= 4 is 5.97 Å². The van der Waals surface area contributed by atoms with Crippen molar-refractivity contribution in [3.8, 4) is 0 Å². The van der Waals surface area contributed by atoms with Crippen molar-refractivity contribution in [1.82, 2.24) is 0 Å². The number of quaternary nitrogens is 1. The first-order valence-corrected chi connectivity index (χ1v) is 13.7. The van der Waals surface area contributed by atoms with E-state index in [0.717, 1.165) is 0 Å². The Labute approximate surface area is 195 Å². The third-order valence-corrected chi connectivity index (χ3v) is 6.32. The van der Waals surface area contributed by atoms with E-state index in [1.165, 1.54) is 140 Å². The van der Waals surface area contributed by atoms with Crippen LogP contribution >= 0.6 is 0 Å². The van der Waals surface area contributed by atoms with E-state index < -0.39 is 12.0 Å². The van der Waals surface area contributed by atoms with E-state index in [9.17, 15) is 9.90 Å². The zero-order valence-corrected chi connectivity index (χ0v) is 22.1. The Bertz CT molecular complexity index is 319. The first-order chi connectivity index (χ1) is 14.9. The van der Waals surface area contributed by atoms with Gasteiger partial charge in [-0.3, -0.25) is 0 Å². The van der Waals surface area contributed by atoms with Crippen LogP contribution in [-0.4, -0.2) is 42.7 Å². The Balaban J connectivity index is 0. The standard InChI is InChI=1S/C24H52N.C3H7NO2/c1-5-9-13-17-21-25(22-18-14-10-6-2,23-19-15-11-7-3)24-20-16-12-8-4;1-2(4)3(5)6/h5-24H2,1-4H3;2H,4H2,1H3,(H,5,6)/q+1;/p-1. The Hall–Kier alpha value is -0.610.